The van der Waals surface area contributed by atoms with Gasteiger partial charge in [-0.15, -0.1) is 0 Å². The quantitative estimate of drug-likeness (QED) is 0.874. The molecule has 2 heterocycles. The fraction of sp³-hybridized carbons (Fsp3) is 0.579. The molecule has 0 unspecified atom stereocenters. The number of rotatable bonds is 5. The van der Waals surface area contributed by atoms with Crippen molar-refractivity contribution in [3.05, 3.63) is 30.3 Å². The van der Waals surface area contributed by atoms with Crippen molar-refractivity contribution in [2.75, 3.05) is 51.1 Å². The topological polar surface area (TPSA) is 55.9 Å². The van der Waals surface area contributed by atoms with E-state index in [9.17, 15) is 9.59 Å². The van der Waals surface area contributed by atoms with Crippen LogP contribution in [0.2, 0.25) is 0 Å². The Balaban J connectivity index is 1.43. The molecule has 2 aliphatic rings. The van der Waals surface area contributed by atoms with Gasteiger partial charge in [-0.2, -0.15) is 0 Å². The lowest BCUT2D eigenvalue weighted by Gasteiger charge is -2.37. The van der Waals surface area contributed by atoms with Crippen LogP contribution in [0.1, 0.15) is 19.8 Å². The number of hydrogen-bond acceptors (Lipinski definition) is 4. The molecule has 3 rings (SSSR count). The monoisotopic (exact) mass is 344 g/mol. The van der Waals surface area contributed by atoms with Crippen LogP contribution in [-0.4, -0.2) is 78.4 Å². The van der Waals surface area contributed by atoms with Crippen LogP contribution < -0.4 is 5.32 Å². The lowest BCUT2D eigenvalue weighted by atomic mass is 10.2. The highest BCUT2D eigenvalue weighted by Crippen LogP contribution is 2.12. The predicted octanol–water partition coefficient (Wildman–Crippen LogP) is 1.25. The van der Waals surface area contributed by atoms with Gasteiger partial charge in [0.2, 0.25) is 11.8 Å². The summed E-state index contributed by atoms with van der Waals surface area (Å²) in [7, 11) is 0. The Morgan fingerprint density at radius 3 is 2.28 bits per heavy atom. The van der Waals surface area contributed by atoms with Crippen LogP contribution in [0.3, 0.4) is 0 Å². The summed E-state index contributed by atoms with van der Waals surface area (Å²) in [5.74, 6) is 0.272. The molecular formula is C19H28N4O2. The Bertz CT molecular complexity index is 578. The fourth-order valence-corrected chi connectivity index (χ4v) is 3.50. The van der Waals surface area contributed by atoms with Crippen molar-refractivity contribution in [3.8, 4) is 0 Å². The first-order valence-corrected chi connectivity index (χ1v) is 9.23. The van der Waals surface area contributed by atoms with Crippen LogP contribution >= 0.6 is 0 Å². The standard InChI is InChI=1S/C19H28N4O2/c1-16(19(25)20-17-7-3-2-4-8-17)22-13-11-21(12-14-22)15-18(24)23-9-5-6-10-23/h2-4,7-8,16H,5-6,9-15H2,1H3,(H,20,25)/t16-/m1/s1. The van der Waals surface area contributed by atoms with E-state index in [-0.39, 0.29) is 17.9 Å². The zero-order valence-electron chi connectivity index (χ0n) is 15.0. The number of piperazine rings is 1. The Labute approximate surface area is 149 Å². The second-order valence-corrected chi connectivity index (χ2v) is 6.93. The van der Waals surface area contributed by atoms with Crippen molar-refractivity contribution in [2.24, 2.45) is 0 Å². The normalized spacial score (nSPS) is 20.4. The van der Waals surface area contributed by atoms with Crippen LogP contribution in [0.15, 0.2) is 30.3 Å². The molecule has 2 saturated heterocycles. The molecule has 0 radical (unpaired) electrons. The van der Waals surface area contributed by atoms with Gasteiger partial charge in [0.05, 0.1) is 12.6 Å². The average Bonchev–Trinajstić information content (AvgIpc) is 3.17. The molecule has 2 aliphatic heterocycles. The highest BCUT2D eigenvalue weighted by Gasteiger charge is 2.27. The Morgan fingerprint density at radius 1 is 1.00 bits per heavy atom. The SMILES string of the molecule is C[C@H](C(=O)Nc1ccccc1)N1CCN(CC(=O)N2CCCC2)CC1. The number of nitrogens with zero attached hydrogens (tertiary/aromatic N) is 3. The average molecular weight is 344 g/mol. The summed E-state index contributed by atoms with van der Waals surface area (Å²) in [5.41, 5.74) is 0.828. The van der Waals surface area contributed by atoms with Gasteiger partial charge >= 0.3 is 0 Å². The van der Waals surface area contributed by atoms with Crippen molar-refractivity contribution in [1.82, 2.24) is 14.7 Å². The minimum Gasteiger partial charge on any atom is -0.342 e. The highest BCUT2D eigenvalue weighted by atomic mass is 16.2. The summed E-state index contributed by atoms with van der Waals surface area (Å²) in [6.07, 6.45) is 2.26. The van der Waals surface area contributed by atoms with Crippen molar-refractivity contribution in [2.45, 2.75) is 25.8 Å². The molecule has 0 aliphatic carbocycles. The summed E-state index contributed by atoms with van der Waals surface area (Å²) in [6.45, 7) is 7.59. The van der Waals surface area contributed by atoms with Crippen molar-refractivity contribution >= 4 is 17.5 Å². The van der Waals surface area contributed by atoms with Crippen LogP contribution in [0.5, 0.6) is 0 Å². The fourth-order valence-electron chi connectivity index (χ4n) is 3.50. The third-order valence-electron chi connectivity index (χ3n) is 5.19. The van der Waals surface area contributed by atoms with E-state index in [0.717, 1.165) is 57.8 Å². The molecule has 6 heteroatoms. The number of amides is 2. The number of likely N-dealkylation sites (tertiary alicyclic amines) is 1. The number of hydrogen-bond donors (Lipinski definition) is 1. The molecule has 0 aromatic heterocycles. The third-order valence-corrected chi connectivity index (χ3v) is 5.19. The minimum absolute atomic E-state index is 0.0211. The molecule has 6 nitrogen and oxygen atoms in total. The maximum atomic E-state index is 12.4. The summed E-state index contributed by atoms with van der Waals surface area (Å²) in [4.78, 5) is 31.0. The third kappa shape index (κ3) is 4.80. The molecule has 1 aromatic carbocycles. The molecule has 1 N–H and O–H groups in total. The Hall–Kier alpha value is -1.92. The van der Waals surface area contributed by atoms with Gasteiger partial charge in [-0.1, -0.05) is 18.2 Å². The highest BCUT2D eigenvalue weighted by molar-refractivity contribution is 5.94. The molecule has 2 fully saturated rings. The first-order chi connectivity index (χ1) is 12.1. The van der Waals surface area contributed by atoms with Crippen LogP contribution in [0.4, 0.5) is 5.69 Å². The molecule has 2 amide bonds. The first-order valence-electron chi connectivity index (χ1n) is 9.23. The molecule has 0 spiro atoms. The molecule has 0 saturated carbocycles. The van der Waals surface area contributed by atoms with Gasteiger partial charge in [-0.25, -0.2) is 0 Å². The zero-order chi connectivity index (χ0) is 17.6. The number of benzene rings is 1. The van der Waals surface area contributed by atoms with Crippen LogP contribution in [0.25, 0.3) is 0 Å². The number of carbonyl (C=O) groups excluding carboxylic acids is 2. The van der Waals surface area contributed by atoms with Crippen LogP contribution in [-0.2, 0) is 9.59 Å². The Kier molecular flexibility index (Phi) is 6.04. The van der Waals surface area contributed by atoms with Gasteiger partial charge in [0, 0.05) is 45.0 Å². The molecule has 0 bridgehead atoms. The molecule has 25 heavy (non-hydrogen) atoms. The van der Waals surface area contributed by atoms with Crippen LogP contribution in [0, 0.1) is 0 Å². The lowest BCUT2D eigenvalue weighted by Crippen LogP contribution is -2.54. The van der Waals surface area contributed by atoms with Crippen molar-refractivity contribution in [3.63, 3.8) is 0 Å². The van der Waals surface area contributed by atoms with Gasteiger partial charge in [0.25, 0.3) is 0 Å². The molecule has 1 aromatic rings. The zero-order valence-corrected chi connectivity index (χ0v) is 15.0. The number of carbonyl (C=O) groups is 2. The molecule has 1 atom stereocenters. The maximum Gasteiger partial charge on any atom is 0.241 e. The molecular weight excluding hydrogens is 316 g/mol. The molecule has 136 valence electrons. The van der Waals surface area contributed by atoms with E-state index in [1.165, 1.54) is 0 Å². The summed E-state index contributed by atoms with van der Waals surface area (Å²) < 4.78 is 0. The van der Waals surface area contributed by atoms with Gasteiger partial charge in [0.15, 0.2) is 0 Å². The van der Waals surface area contributed by atoms with E-state index in [1.54, 1.807) is 0 Å². The number of para-hydroxylation sites is 1. The van der Waals surface area contributed by atoms with Gasteiger partial charge in [-0.3, -0.25) is 19.4 Å². The summed E-state index contributed by atoms with van der Waals surface area (Å²) in [6, 6.07) is 9.38. The van der Waals surface area contributed by atoms with Crippen molar-refractivity contribution < 1.29 is 9.59 Å². The Morgan fingerprint density at radius 2 is 1.64 bits per heavy atom. The minimum atomic E-state index is -0.170. The maximum absolute atomic E-state index is 12.4. The predicted molar refractivity (Wildman–Crippen MR) is 98.4 cm³/mol. The van der Waals surface area contributed by atoms with Gasteiger partial charge in [-0.05, 0) is 31.9 Å². The second kappa shape index (κ2) is 8.45. The first kappa shape index (κ1) is 17.9. The van der Waals surface area contributed by atoms with Crippen molar-refractivity contribution in [1.29, 1.82) is 0 Å². The summed E-state index contributed by atoms with van der Waals surface area (Å²) >= 11 is 0. The van der Waals surface area contributed by atoms with E-state index in [0.29, 0.717) is 6.54 Å². The van der Waals surface area contributed by atoms with E-state index in [4.69, 9.17) is 0 Å². The van der Waals surface area contributed by atoms with E-state index in [1.807, 2.05) is 42.2 Å². The number of anilines is 1. The van der Waals surface area contributed by atoms with E-state index >= 15 is 0 Å². The largest absolute Gasteiger partial charge is 0.342 e. The lowest BCUT2D eigenvalue weighted by molar-refractivity contribution is -0.132. The van der Waals surface area contributed by atoms with Gasteiger partial charge in [0.1, 0.15) is 0 Å². The second-order valence-electron chi connectivity index (χ2n) is 6.93. The van der Waals surface area contributed by atoms with Gasteiger partial charge < -0.3 is 10.2 Å². The number of nitrogens with one attached hydrogen (secondary N) is 1. The smallest absolute Gasteiger partial charge is 0.241 e. The van der Waals surface area contributed by atoms with E-state index in [2.05, 4.69) is 15.1 Å². The summed E-state index contributed by atoms with van der Waals surface area (Å²) in [5, 5.41) is 2.96. The van der Waals surface area contributed by atoms with E-state index < -0.39 is 0 Å².